The van der Waals surface area contributed by atoms with Crippen LogP contribution in [0.25, 0.3) is 0 Å². The number of aromatic nitrogens is 2. The van der Waals surface area contributed by atoms with Gasteiger partial charge in [-0.1, -0.05) is 41.9 Å². The van der Waals surface area contributed by atoms with Gasteiger partial charge in [-0.25, -0.2) is 0 Å². The number of nitrogens with two attached hydrogens (primary N) is 1. The summed E-state index contributed by atoms with van der Waals surface area (Å²) in [5.41, 5.74) is 5.03. The third kappa shape index (κ3) is 2.90. The van der Waals surface area contributed by atoms with Crippen molar-refractivity contribution in [1.82, 2.24) is 15.2 Å². The van der Waals surface area contributed by atoms with Crippen molar-refractivity contribution in [1.29, 1.82) is 0 Å². The highest BCUT2D eigenvalue weighted by Crippen LogP contribution is 2.25. The van der Waals surface area contributed by atoms with E-state index < -0.39 is 0 Å². The van der Waals surface area contributed by atoms with Crippen LogP contribution in [0.15, 0.2) is 36.5 Å². The van der Waals surface area contributed by atoms with Gasteiger partial charge in [0.05, 0.1) is 23.0 Å². The van der Waals surface area contributed by atoms with E-state index in [0.717, 1.165) is 18.5 Å². The molecule has 0 saturated carbocycles. The van der Waals surface area contributed by atoms with E-state index in [1.807, 2.05) is 25.2 Å². The number of nitrogens with one attached hydrogen (secondary N) is 1. The van der Waals surface area contributed by atoms with Gasteiger partial charge < -0.3 is 0 Å². The summed E-state index contributed by atoms with van der Waals surface area (Å²) < 4.78 is 1.76. The van der Waals surface area contributed by atoms with E-state index in [0.29, 0.717) is 5.02 Å². The molecule has 0 aliphatic carbocycles. The topological polar surface area (TPSA) is 55.9 Å². The van der Waals surface area contributed by atoms with Crippen LogP contribution < -0.4 is 11.3 Å². The highest BCUT2D eigenvalue weighted by Gasteiger charge is 2.17. The molecule has 1 aromatic carbocycles. The lowest BCUT2D eigenvalue weighted by molar-refractivity contribution is 0.480. The molecule has 1 atom stereocenters. The Hall–Kier alpha value is -1.36. The molecule has 4 nitrogen and oxygen atoms in total. The van der Waals surface area contributed by atoms with E-state index in [-0.39, 0.29) is 6.04 Å². The zero-order valence-corrected chi connectivity index (χ0v) is 11.1. The van der Waals surface area contributed by atoms with Crippen molar-refractivity contribution in [2.45, 2.75) is 18.9 Å². The Morgan fingerprint density at radius 3 is 2.67 bits per heavy atom. The smallest absolute Gasteiger partial charge is 0.0834 e. The minimum Gasteiger partial charge on any atom is -0.271 e. The minimum absolute atomic E-state index is 0.00482. The molecule has 1 aromatic heterocycles. The Bertz CT molecular complexity index is 475. The quantitative estimate of drug-likeness (QED) is 0.643. The number of benzene rings is 1. The monoisotopic (exact) mass is 264 g/mol. The molecular formula is C13H17ClN4. The Morgan fingerprint density at radius 1 is 1.39 bits per heavy atom. The van der Waals surface area contributed by atoms with Crippen molar-refractivity contribution < 1.29 is 0 Å². The van der Waals surface area contributed by atoms with Gasteiger partial charge in [-0.3, -0.25) is 16.0 Å². The number of aryl methyl sites for hydroxylation is 2. The molecule has 3 N–H and O–H groups in total. The summed E-state index contributed by atoms with van der Waals surface area (Å²) in [7, 11) is 1.87. The number of nitrogens with zero attached hydrogens (tertiary/aromatic N) is 2. The van der Waals surface area contributed by atoms with E-state index in [1.54, 1.807) is 10.9 Å². The number of hydrogen-bond acceptors (Lipinski definition) is 3. The molecule has 0 aliphatic rings. The fraction of sp³-hybridized carbons (Fsp3) is 0.308. The molecule has 0 saturated heterocycles. The molecule has 18 heavy (non-hydrogen) atoms. The first-order valence-electron chi connectivity index (χ1n) is 5.90. The molecule has 0 spiro atoms. The van der Waals surface area contributed by atoms with Gasteiger partial charge in [-0.05, 0) is 18.4 Å². The zero-order chi connectivity index (χ0) is 13.0. The van der Waals surface area contributed by atoms with E-state index in [4.69, 9.17) is 17.4 Å². The zero-order valence-electron chi connectivity index (χ0n) is 10.3. The lowest BCUT2D eigenvalue weighted by Crippen LogP contribution is -2.30. The molecule has 0 radical (unpaired) electrons. The molecule has 2 rings (SSSR count). The van der Waals surface area contributed by atoms with E-state index in [1.165, 1.54) is 5.56 Å². The standard InChI is InChI=1S/C13H17ClN4/c1-18-13(11(14)9-16-18)12(17-15)8-7-10-5-3-2-4-6-10/h2-6,9,12,17H,7-8,15H2,1H3. The van der Waals surface area contributed by atoms with Gasteiger partial charge in [0.25, 0.3) is 0 Å². The summed E-state index contributed by atoms with van der Waals surface area (Å²) in [6.45, 7) is 0. The summed E-state index contributed by atoms with van der Waals surface area (Å²) in [5, 5.41) is 4.78. The molecule has 5 heteroatoms. The predicted molar refractivity (Wildman–Crippen MR) is 73.0 cm³/mol. The van der Waals surface area contributed by atoms with Crippen LogP contribution in [0.4, 0.5) is 0 Å². The summed E-state index contributed by atoms with van der Waals surface area (Å²) in [6.07, 6.45) is 3.46. The third-order valence-electron chi connectivity index (χ3n) is 3.03. The summed E-state index contributed by atoms with van der Waals surface area (Å²) in [5.74, 6) is 5.62. The maximum absolute atomic E-state index is 6.12. The molecule has 0 amide bonds. The molecule has 0 aliphatic heterocycles. The largest absolute Gasteiger partial charge is 0.271 e. The molecule has 2 aromatic rings. The van der Waals surface area contributed by atoms with Crippen molar-refractivity contribution in [3.63, 3.8) is 0 Å². The van der Waals surface area contributed by atoms with Crippen LogP contribution in [0.1, 0.15) is 23.7 Å². The first-order chi connectivity index (χ1) is 8.72. The number of rotatable bonds is 5. The molecule has 96 valence electrons. The first kappa shape index (κ1) is 13.1. The average molecular weight is 265 g/mol. The minimum atomic E-state index is 0.00482. The Labute approximate surface area is 112 Å². The molecular weight excluding hydrogens is 248 g/mol. The van der Waals surface area contributed by atoms with Crippen LogP contribution in [0.5, 0.6) is 0 Å². The Morgan fingerprint density at radius 2 is 2.11 bits per heavy atom. The Balaban J connectivity index is 2.07. The van der Waals surface area contributed by atoms with Gasteiger partial charge in [0.1, 0.15) is 0 Å². The highest BCUT2D eigenvalue weighted by atomic mass is 35.5. The van der Waals surface area contributed by atoms with Crippen molar-refractivity contribution in [3.05, 3.63) is 52.8 Å². The van der Waals surface area contributed by atoms with Crippen molar-refractivity contribution in [3.8, 4) is 0 Å². The fourth-order valence-corrected chi connectivity index (χ4v) is 2.36. The van der Waals surface area contributed by atoms with E-state index in [9.17, 15) is 0 Å². The summed E-state index contributed by atoms with van der Waals surface area (Å²) >= 11 is 6.12. The molecule has 0 bridgehead atoms. The van der Waals surface area contributed by atoms with Gasteiger partial charge in [-0.15, -0.1) is 0 Å². The van der Waals surface area contributed by atoms with Crippen molar-refractivity contribution in [2.75, 3.05) is 0 Å². The second kappa shape index (κ2) is 6.00. The second-order valence-corrected chi connectivity index (χ2v) is 4.65. The van der Waals surface area contributed by atoms with E-state index in [2.05, 4.69) is 22.7 Å². The second-order valence-electron chi connectivity index (χ2n) is 4.24. The molecule has 0 fully saturated rings. The summed E-state index contributed by atoms with van der Waals surface area (Å²) in [4.78, 5) is 0. The highest BCUT2D eigenvalue weighted by molar-refractivity contribution is 6.31. The third-order valence-corrected chi connectivity index (χ3v) is 3.32. The van der Waals surface area contributed by atoms with E-state index >= 15 is 0 Å². The predicted octanol–water partition coefficient (Wildman–Crippen LogP) is 2.21. The lowest BCUT2D eigenvalue weighted by atomic mass is 10.0. The fourth-order valence-electron chi connectivity index (χ4n) is 2.07. The van der Waals surface area contributed by atoms with Gasteiger partial charge in [0.15, 0.2) is 0 Å². The van der Waals surface area contributed by atoms with Crippen LogP contribution in [-0.4, -0.2) is 9.78 Å². The first-order valence-corrected chi connectivity index (χ1v) is 6.27. The van der Waals surface area contributed by atoms with Crippen LogP contribution in [0.3, 0.4) is 0 Å². The maximum Gasteiger partial charge on any atom is 0.0834 e. The Kier molecular flexibility index (Phi) is 4.36. The van der Waals surface area contributed by atoms with Gasteiger partial charge in [-0.2, -0.15) is 5.10 Å². The molecule has 1 heterocycles. The SMILES string of the molecule is Cn1ncc(Cl)c1C(CCc1ccccc1)NN. The van der Waals surface area contributed by atoms with Crippen molar-refractivity contribution >= 4 is 11.6 Å². The van der Waals surface area contributed by atoms with Crippen LogP contribution >= 0.6 is 11.6 Å². The lowest BCUT2D eigenvalue weighted by Gasteiger charge is -2.16. The number of halogens is 1. The van der Waals surface area contributed by atoms with Gasteiger partial charge in [0, 0.05) is 7.05 Å². The molecule has 1 unspecified atom stereocenters. The maximum atomic E-state index is 6.12. The van der Waals surface area contributed by atoms with Crippen molar-refractivity contribution in [2.24, 2.45) is 12.9 Å². The van der Waals surface area contributed by atoms with Gasteiger partial charge in [0.2, 0.25) is 0 Å². The number of hydrazine groups is 1. The normalized spacial score (nSPS) is 12.6. The van der Waals surface area contributed by atoms with Gasteiger partial charge >= 0.3 is 0 Å². The van der Waals surface area contributed by atoms with Crippen LogP contribution in [0.2, 0.25) is 5.02 Å². The summed E-state index contributed by atoms with van der Waals surface area (Å²) in [6, 6.07) is 10.3. The van der Waals surface area contributed by atoms with Crippen LogP contribution in [0, 0.1) is 0 Å². The number of hydrogen-bond donors (Lipinski definition) is 2. The van der Waals surface area contributed by atoms with Crippen LogP contribution in [-0.2, 0) is 13.5 Å². The average Bonchev–Trinajstić information content (AvgIpc) is 2.73.